The number of nitrogens with one attached hydrogen (secondary N) is 1. The molecule has 1 fully saturated rings. The summed E-state index contributed by atoms with van der Waals surface area (Å²) in [6.45, 7) is 11.3. The quantitative estimate of drug-likeness (QED) is 0.658. The zero-order valence-corrected chi connectivity index (χ0v) is 17.3. The fourth-order valence-electron chi connectivity index (χ4n) is 2.82. The Kier molecular flexibility index (Phi) is 7.56. The fraction of sp³-hybridized carbons (Fsp3) is 0.684. The van der Waals surface area contributed by atoms with Gasteiger partial charge in [0.25, 0.3) is 0 Å². The molecule has 0 spiro atoms. The van der Waals surface area contributed by atoms with Crippen LogP contribution >= 0.6 is 0 Å². The molecule has 28 heavy (non-hydrogen) atoms. The van der Waals surface area contributed by atoms with Gasteiger partial charge in [-0.25, -0.2) is 9.78 Å². The third kappa shape index (κ3) is 6.33. The molecule has 1 aliphatic rings. The number of aromatic nitrogens is 2. The lowest BCUT2D eigenvalue weighted by molar-refractivity contribution is -0.153. The fourth-order valence-corrected chi connectivity index (χ4v) is 2.82. The highest BCUT2D eigenvalue weighted by molar-refractivity contribution is 5.91. The molecule has 0 amide bonds. The molecule has 0 saturated carbocycles. The molecule has 1 aromatic heterocycles. The highest BCUT2D eigenvalue weighted by Crippen LogP contribution is 2.22. The van der Waals surface area contributed by atoms with Gasteiger partial charge < -0.3 is 24.4 Å². The maximum absolute atomic E-state index is 12.0. The molecule has 9 heteroatoms. The maximum atomic E-state index is 12.0. The normalized spacial score (nSPS) is 16.8. The Labute approximate surface area is 165 Å². The van der Waals surface area contributed by atoms with Crippen molar-refractivity contribution in [2.45, 2.75) is 52.7 Å². The largest absolute Gasteiger partial charge is 0.477 e. The number of nitrogens with zero attached hydrogens (tertiary/aromatic N) is 3. The smallest absolute Gasteiger partial charge is 0.345 e. The van der Waals surface area contributed by atoms with E-state index in [2.05, 4.69) is 15.3 Å². The SMILES string of the molecule is CCOC(=O)c1cnc(N2CC[C@@H](NCC(=O)OC(C)(C)C)C2)nc1OCC. The first-order chi connectivity index (χ1) is 13.2. The van der Waals surface area contributed by atoms with Gasteiger partial charge in [-0.05, 0) is 41.0 Å². The van der Waals surface area contributed by atoms with E-state index in [1.807, 2.05) is 32.6 Å². The van der Waals surface area contributed by atoms with Gasteiger partial charge in [-0.1, -0.05) is 0 Å². The van der Waals surface area contributed by atoms with Crippen molar-refractivity contribution < 1.29 is 23.8 Å². The van der Waals surface area contributed by atoms with Crippen LogP contribution in [-0.2, 0) is 14.3 Å². The zero-order chi connectivity index (χ0) is 20.7. The number of esters is 2. The van der Waals surface area contributed by atoms with E-state index < -0.39 is 11.6 Å². The van der Waals surface area contributed by atoms with Gasteiger partial charge in [-0.3, -0.25) is 4.79 Å². The van der Waals surface area contributed by atoms with Crippen LogP contribution in [-0.4, -0.2) is 66.4 Å². The molecule has 1 atom stereocenters. The number of ether oxygens (including phenoxy) is 3. The molecule has 1 aliphatic heterocycles. The van der Waals surface area contributed by atoms with E-state index in [0.717, 1.165) is 13.0 Å². The van der Waals surface area contributed by atoms with Gasteiger partial charge in [0.15, 0.2) is 0 Å². The lowest BCUT2D eigenvalue weighted by Gasteiger charge is -2.21. The molecular formula is C19H30N4O5. The first-order valence-electron chi connectivity index (χ1n) is 9.60. The summed E-state index contributed by atoms with van der Waals surface area (Å²) in [5.74, 6) is -0.0790. The van der Waals surface area contributed by atoms with Crippen LogP contribution in [0.2, 0.25) is 0 Å². The van der Waals surface area contributed by atoms with Crippen molar-refractivity contribution in [3.8, 4) is 5.88 Å². The summed E-state index contributed by atoms with van der Waals surface area (Å²) in [5.41, 5.74) is -0.281. The lowest BCUT2D eigenvalue weighted by atomic mass is 10.2. The summed E-state index contributed by atoms with van der Waals surface area (Å²) in [6.07, 6.45) is 2.28. The van der Waals surface area contributed by atoms with Gasteiger partial charge in [0.05, 0.1) is 26.0 Å². The van der Waals surface area contributed by atoms with E-state index >= 15 is 0 Å². The maximum Gasteiger partial charge on any atom is 0.345 e. The predicted molar refractivity (Wildman–Crippen MR) is 104 cm³/mol. The van der Waals surface area contributed by atoms with Crippen LogP contribution in [0.4, 0.5) is 5.95 Å². The average Bonchev–Trinajstić information content (AvgIpc) is 3.08. The van der Waals surface area contributed by atoms with Crippen LogP contribution in [0.3, 0.4) is 0 Å². The lowest BCUT2D eigenvalue weighted by Crippen LogP contribution is -2.38. The van der Waals surface area contributed by atoms with Crippen molar-refractivity contribution in [3.05, 3.63) is 11.8 Å². The first-order valence-corrected chi connectivity index (χ1v) is 9.60. The van der Waals surface area contributed by atoms with Crippen LogP contribution in [0.5, 0.6) is 5.88 Å². The van der Waals surface area contributed by atoms with Crippen molar-refractivity contribution in [2.75, 3.05) is 37.7 Å². The van der Waals surface area contributed by atoms with Gasteiger partial charge in [0, 0.05) is 19.1 Å². The highest BCUT2D eigenvalue weighted by Gasteiger charge is 2.27. The number of anilines is 1. The molecule has 0 unspecified atom stereocenters. The Morgan fingerprint density at radius 1 is 1.29 bits per heavy atom. The number of rotatable bonds is 8. The van der Waals surface area contributed by atoms with Crippen molar-refractivity contribution in [2.24, 2.45) is 0 Å². The van der Waals surface area contributed by atoms with Crippen molar-refractivity contribution >= 4 is 17.9 Å². The van der Waals surface area contributed by atoms with Crippen molar-refractivity contribution in [3.63, 3.8) is 0 Å². The minimum atomic E-state index is -0.504. The van der Waals surface area contributed by atoms with Crippen LogP contribution < -0.4 is 15.0 Å². The molecule has 2 heterocycles. The first kappa shape index (κ1) is 21.9. The summed E-state index contributed by atoms with van der Waals surface area (Å²) in [5, 5.41) is 3.21. The van der Waals surface area contributed by atoms with Gasteiger partial charge in [0.1, 0.15) is 11.2 Å². The highest BCUT2D eigenvalue weighted by atomic mass is 16.6. The van der Waals surface area contributed by atoms with Gasteiger partial charge in [-0.15, -0.1) is 0 Å². The molecule has 0 radical (unpaired) electrons. The Hall–Kier alpha value is -2.42. The minimum Gasteiger partial charge on any atom is -0.477 e. The van der Waals surface area contributed by atoms with E-state index in [4.69, 9.17) is 14.2 Å². The predicted octanol–water partition coefficient (Wildman–Crippen LogP) is 1.56. The van der Waals surface area contributed by atoms with Gasteiger partial charge in [-0.2, -0.15) is 4.98 Å². The second kappa shape index (κ2) is 9.68. The number of hydrogen-bond donors (Lipinski definition) is 1. The van der Waals surface area contributed by atoms with Crippen molar-refractivity contribution in [1.82, 2.24) is 15.3 Å². The number of hydrogen-bond acceptors (Lipinski definition) is 9. The molecule has 1 N–H and O–H groups in total. The molecule has 2 rings (SSSR count). The van der Waals surface area contributed by atoms with Gasteiger partial charge >= 0.3 is 11.9 Å². The summed E-state index contributed by atoms with van der Waals surface area (Å²) in [4.78, 5) is 34.6. The molecule has 156 valence electrons. The van der Waals surface area contributed by atoms with Crippen molar-refractivity contribution in [1.29, 1.82) is 0 Å². The molecular weight excluding hydrogens is 364 g/mol. The summed E-state index contributed by atoms with van der Waals surface area (Å²) >= 11 is 0. The summed E-state index contributed by atoms with van der Waals surface area (Å²) in [7, 11) is 0. The minimum absolute atomic E-state index is 0.122. The molecule has 1 aromatic rings. The zero-order valence-electron chi connectivity index (χ0n) is 17.3. The monoisotopic (exact) mass is 394 g/mol. The van der Waals surface area contributed by atoms with E-state index in [-0.39, 0.29) is 36.6 Å². The third-order valence-electron chi connectivity index (χ3n) is 3.94. The topological polar surface area (TPSA) is 103 Å². The summed E-state index contributed by atoms with van der Waals surface area (Å²) < 4.78 is 15.8. The van der Waals surface area contributed by atoms with Crippen LogP contribution in [0, 0.1) is 0 Å². The standard InChI is InChI=1S/C19H30N4O5/c1-6-26-16-14(17(25)27-7-2)10-21-18(22-16)23-9-8-13(12-23)20-11-15(24)28-19(3,4)5/h10,13,20H,6-9,11-12H2,1-5H3/t13-/m1/s1. The Morgan fingerprint density at radius 3 is 2.68 bits per heavy atom. The Bertz CT molecular complexity index is 689. The average molecular weight is 394 g/mol. The number of carbonyl (C=O) groups is 2. The van der Waals surface area contributed by atoms with E-state index in [1.54, 1.807) is 6.92 Å². The van der Waals surface area contributed by atoms with E-state index in [1.165, 1.54) is 6.20 Å². The summed E-state index contributed by atoms with van der Waals surface area (Å²) in [6, 6.07) is 0.122. The Morgan fingerprint density at radius 2 is 2.04 bits per heavy atom. The third-order valence-corrected chi connectivity index (χ3v) is 3.94. The number of carbonyl (C=O) groups excluding carboxylic acids is 2. The van der Waals surface area contributed by atoms with Crippen LogP contribution in [0.1, 0.15) is 51.4 Å². The molecule has 0 aliphatic carbocycles. The van der Waals surface area contributed by atoms with Crippen LogP contribution in [0.15, 0.2) is 6.20 Å². The second-order valence-electron chi connectivity index (χ2n) is 7.44. The van der Waals surface area contributed by atoms with E-state index in [0.29, 0.717) is 19.1 Å². The van der Waals surface area contributed by atoms with E-state index in [9.17, 15) is 9.59 Å². The molecule has 0 aromatic carbocycles. The Balaban J connectivity index is 1.98. The molecule has 0 bridgehead atoms. The molecule has 9 nitrogen and oxygen atoms in total. The second-order valence-corrected chi connectivity index (χ2v) is 7.44. The van der Waals surface area contributed by atoms with Gasteiger partial charge in [0.2, 0.25) is 11.8 Å². The van der Waals surface area contributed by atoms with Crippen LogP contribution in [0.25, 0.3) is 0 Å². The molecule has 1 saturated heterocycles.